The van der Waals surface area contributed by atoms with Crippen LogP contribution in [-0.2, 0) is 4.79 Å². The second-order valence-electron chi connectivity index (χ2n) is 5.67. The first-order valence-corrected chi connectivity index (χ1v) is 7.08. The number of nitrogens with two attached hydrogens (primary N) is 1. The van der Waals surface area contributed by atoms with E-state index in [1.807, 2.05) is 13.8 Å². The predicted octanol–water partition coefficient (Wildman–Crippen LogP) is 1.60. The fourth-order valence-corrected chi connectivity index (χ4v) is 1.66. The van der Waals surface area contributed by atoms with Gasteiger partial charge in [0.2, 0.25) is 5.91 Å². The van der Waals surface area contributed by atoms with Gasteiger partial charge in [0.25, 0.3) is 0 Å². The maximum atomic E-state index is 11.8. The molecule has 18 heavy (non-hydrogen) atoms. The zero-order valence-corrected chi connectivity index (χ0v) is 12.7. The third-order valence-corrected chi connectivity index (χ3v) is 3.39. The van der Waals surface area contributed by atoms with Crippen LogP contribution in [0.4, 0.5) is 0 Å². The molecule has 0 bridgehead atoms. The van der Waals surface area contributed by atoms with Crippen molar-refractivity contribution in [3.8, 4) is 0 Å². The topological polar surface area (TPSA) is 58.4 Å². The largest absolute Gasteiger partial charge is 0.355 e. The number of rotatable bonds is 9. The summed E-state index contributed by atoms with van der Waals surface area (Å²) in [5.74, 6) is 0.255. The lowest BCUT2D eigenvalue weighted by atomic mass is 10.0. The van der Waals surface area contributed by atoms with Crippen molar-refractivity contribution >= 4 is 5.91 Å². The van der Waals surface area contributed by atoms with E-state index in [0.717, 1.165) is 32.4 Å². The lowest BCUT2D eigenvalue weighted by molar-refractivity contribution is -0.124. The highest BCUT2D eigenvalue weighted by molar-refractivity contribution is 5.78. The van der Waals surface area contributed by atoms with Crippen LogP contribution in [0.5, 0.6) is 0 Å². The first-order chi connectivity index (χ1) is 8.34. The molecule has 108 valence electrons. The number of hydrogen-bond acceptors (Lipinski definition) is 3. The summed E-state index contributed by atoms with van der Waals surface area (Å²) in [7, 11) is 2.07. The van der Waals surface area contributed by atoms with Crippen LogP contribution in [0, 0.1) is 5.92 Å². The molecule has 0 saturated carbocycles. The van der Waals surface area contributed by atoms with Crippen LogP contribution in [0.25, 0.3) is 0 Å². The van der Waals surface area contributed by atoms with Gasteiger partial charge < -0.3 is 16.0 Å². The van der Waals surface area contributed by atoms with E-state index in [0.29, 0.717) is 6.04 Å². The Morgan fingerprint density at radius 2 is 1.83 bits per heavy atom. The molecule has 0 radical (unpaired) electrons. The van der Waals surface area contributed by atoms with Crippen LogP contribution in [-0.4, -0.2) is 43.0 Å². The molecule has 0 aromatic carbocycles. The fourth-order valence-electron chi connectivity index (χ4n) is 1.66. The van der Waals surface area contributed by atoms with E-state index < -0.39 is 0 Å². The maximum Gasteiger partial charge on any atom is 0.222 e. The summed E-state index contributed by atoms with van der Waals surface area (Å²) >= 11 is 0. The van der Waals surface area contributed by atoms with Crippen molar-refractivity contribution in [2.75, 3.05) is 20.1 Å². The molecule has 0 spiro atoms. The van der Waals surface area contributed by atoms with Crippen molar-refractivity contribution in [3.63, 3.8) is 0 Å². The zero-order chi connectivity index (χ0) is 14.1. The molecule has 0 heterocycles. The van der Waals surface area contributed by atoms with Gasteiger partial charge in [0, 0.05) is 31.1 Å². The van der Waals surface area contributed by atoms with Crippen LogP contribution in [0.15, 0.2) is 0 Å². The third kappa shape index (κ3) is 8.48. The van der Waals surface area contributed by atoms with Gasteiger partial charge in [0.05, 0.1) is 0 Å². The van der Waals surface area contributed by atoms with Gasteiger partial charge in [-0.3, -0.25) is 4.79 Å². The van der Waals surface area contributed by atoms with Crippen molar-refractivity contribution in [1.82, 2.24) is 10.2 Å². The SMILES string of the molecule is CC(N)CCCC(C)C(=O)NCCN(C)C(C)C. The van der Waals surface area contributed by atoms with Gasteiger partial charge in [-0.15, -0.1) is 0 Å². The summed E-state index contributed by atoms with van der Waals surface area (Å²) in [6, 6.07) is 0.755. The van der Waals surface area contributed by atoms with Crippen molar-refractivity contribution in [2.24, 2.45) is 11.7 Å². The highest BCUT2D eigenvalue weighted by Gasteiger charge is 2.12. The van der Waals surface area contributed by atoms with Gasteiger partial charge in [-0.1, -0.05) is 13.3 Å². The number of carbonyl (C=O) groups is 1. The van der Waals surface area contributed by atoms with Crippen molar-refractivity contribution < 1.29 is 4.79 Å². The Labute approximate surface area is 112 Å². The summed E-state index contributed by atoms with van der Waals surface area (Å²) in [5, 5.41) is 2.99. The summed E-state index contributed by atoms with van der Waals surface area (Å²) in [5.41, 5.74) is 5.69. The number of carbonyl (C=O) groups excluding carboxylic acids is 1. The summed E-state index contributed by atoms with van der Waals surface area (Å²) in [4.78, 5) is 14.0. The molecule has 0 saturated heterocycles. The molecule has 3 N–H and O–H groups in total. The van der Waals surface area contributed by atoms with Gasteiger partial charge in [-0.05, 0) is 40.7 Å². The van der Waals surface area contributed by atoms with Gasteiger partial charge in [-0.2, -0.15) is 0 Å². The average molecular weight is 257 g/mol. The first-order valence-electron chi connectivity index (χ1n) is 7.08. The molecule has 2 unspecified atom stereocenters. The van der Waals surface area contributed by atoms with Gasteiger partial charge in [0.1, 0.15) is 0 Å². The molecule has 1 amide bonds. The van der Waals surface area contributed by atoms with E-state index in [-0.39, 0.29) is 17.9 Å². The molecule has 0 aliphatic heterocycles. The summed E-state index contributed by atoms with van der Waals surface area (Å²) in [6.07, 6.45) is 2.94. The quantitative estimate of drug-likeness (QED) is 0.659. The number of nitrogens with one attached hydrogen (secondary N) is 1. The standard InChI is InChI=1S/C14H31N3O/c1-11(2)17(5)10-9-16-14(18)12(3)7-6-8-13(4)15/h11-13H,6-10,15H2,1-5H3,(H,16,18). The second kappa shape index (κ2) is 9.34. The Morgan fingerprint density at radius 3 is 2.33 bits per heavy atom. The average Bonchev–Trinajstić information content (AvgIpc) is 2.27. The first kappa shape index (κ1) is 17.4. The predicted molar refractivity (Wildman–Crippen MR) is 77.4 cm³/mol. The van der Waals surface area contributed by atoms with Crippen LogP contribution in [0.3, 0.4) is 0 Å². The molecule has 4 nitrogen and oxygen atoms in total. The van der Waals surface area contributed by atoms with E-state index in [1.54, 1.807) is 0 Å². The van der Waals surface area contributed by atoms with Crippen molar-refractivity contribution in [2.45, 2.75) is 59.0 Å². The van der Waals surface area contributed by atoms with E-state index in [1.165, 1.54) is 0 Å². The Morgan fingerprint density at radius 1 is 1.22 bits per heavy atom. The molecule has 0 aliphatic rings. The smallest absolute Gasteiger partial charge is 0.222 e. The molecule has 0 aromatic heterocycles. The van der Waals surface area contributed by atoms with Crippen LogP contribution in [0.1, 0.15) is 47.0 Å². The van der Waals surface area contributed by atoms with Crippen LogP contribution >= 0.6 is 0 Å². The maximum absolute atomic E-state index is 11.8. The van der Waals surface area contributed by atoms with Gasteiger partial charge >= 0.3 is 0 Å². The molecule has 2 atom stereocenters. The van der Waals surface area contributed by atoms with Gasteiger partial charge in [-0.25, -0.2) is 0 Å². The third-order valence-electron chi connectivity index (χ3n) is 3.39. The molecule has 4 heteroatoms. The minimum absolute atomic E-state index is 0.0908. The number of likely N-dealkylation sites (N-methyl/N-ethyl adjacent to an activating group) is 1. The summed E-state index contributed by atoms with van der Waals surface area (Å²) < 4.78 is 0. The Kier molecular flexibility index (Phi) is 9.02. The number of hydrogen-bond donors (Lipinski definition) is 2. The minimum atomic E-state index is 0.0908. The molecular formula is C14H31N3O. The van der Waals surface area contributed by atoms with Gasteiger partial charge in [0.15, 0.2) is 0 Å². The van der Waals surface area contributed by atoms with Crippen LogP contribution < -0.4 is 11.1 Å². The highest BCUT2D eigenvalue weighted by atomic mass is 16.1. The lowest BCUT2D eigenvalue weighted by Gasteiger charge is -2.21. The molecule has 0 aromatic rings. The second-order valence-corrected chi connectivity index (χ2v) is 5.67. The molecule has 0 rings (SSSR count). The number of amides is 1. The number of nitrogens with zero attached hydrogens (tertiary/aromatic N) is 1. The van der Waals surface area contributed by atoms with E-state index in [2.05, 4.69) is 31.1 Å². The minimum Gasteiger partial charge on any atom is -0.355 e. The van der Waals surface area contributed by atoms with Crippen molar-refractivity contribution in [3.05, 3.63) is 0 Å². The molecule has 0 fully saturated rings. The van der Waals surface area contributed by atoms with Crippen molar-refractivity contribution in [1.29, 1.82) is 0 Å². The summed E-state index contributed by atoms with van der Waals surface area (Å²) in [6.45, 7) is 9.92. The van der Waals surface area contributed by atoms with E-state index >= 15 is 0 Å². The monoisotopic (exact) mass is 257 g/mol. The lowest BCUT2D eigenvalue weighted by Crippen LogP contribution is -2.38. The molecule has 0 aliphatic carbocycles. The Balaban J connectivity index is 3.68. The Hall–Kier alpha value is -0.610. The Bertz CT molecular complexity index is 229. The zero-order valence-electron chi connectivity index (χ0n) is 12.7. The molecular weight excluding hydrogens is 226 g/mol. The van der Waals surface area contributed by atoms with Crippen LogP contribution in [0.2, 0.25) is 0 Å². The normalized spacial score (nSPS) is 14.9. The van der Waals surface area contributed by atoms with E-state index in [4.69, 9.17) is 5.73 Å². The fraction of sp³-hybridized carbons (Fsp3) is 0.929. The highest BCUT2D eigenvalue weighted by Crippen LogP contribution is 2.08. The van der Waals surface area contributed by atoms with E-state index in [9.17, 15) is 4.79 Å².